The number of nitrogens with zero attached hydrogens (tertiary/aromatic N) is 1. The van der Waals surface area contributed by atoms with Crippen molar-refractivity contribution < 1.29 is 9.50 Å². The summed E-state index contributed by atoms with van der Waals surface area (Å²) in [5, 5.41) is 10.2. The molecular formula is C15H21ClFNO. The highest BCUT2D eigenvalue weighted by molar-refractivity contribution is 6.31. The number of benzene rings is 1. The fraction of sp³-hybridized carbons (Fsp3) is 0.600. The SMILES string of the molecule is CC(O)C1CCCN(CCc2c(F)cccc2Cl)C1. The van der Waals surface area contributed by atoms with E-state index < -0.39 is 0 Å². The molecule has 1 aliphatic heterocycles. The average Bonchev–Trinajstić information content (AvgIpc) is 2.38. The van der Waals surface area contributed by atoms with Gasteiger partial charge in [-0.1, -0.05) is 17.7 Å². The van der Waals surface area contributed by atoms with Crippen molar-refractivity contribution in [1.82, 2.24) is 4.90 Å². The first-order valence-corrected chi connectivity index (χ1v) is 7.29. The van der Waals surface area contributed by atoms with E-state index in [0.717, 1.165) is 32.5 Å². The van der Waals surface area contributed by atoms with Crippen LogP contribution in [-0.4, -0.2) is 35.7 Å². The number of aliphatic hydroxyl groups excluding tert-OH is 1. The summed E-state index contributed by atoms with van der Waals surface area (Å²) in [6.45, 7) is 4.56. The Balaban J connectivity index is 1.92. The van der Waals surface area contributed by atoms with Crippen LogP contribution >= 0.6 is 11.6 Å². The first-order chi connectivity index (χ1) is 9.08. The first-order valence-electron chi connectivity index (χ1n) is 6.91. The van der Waals surface area contributed by atoms with E-state index in [4.69, 9.17) is 11.6 Å². The van der Waals surface area contributed by atoms with E-state index in [1.807, 2.05) is 6.92 Å². The van der Waals surface area contributed by atoms with Crippen LogP contribution in [0.3, 0.4) is 0 Å². The maximum absolute atomic E-state index is 13.7. The predicted molar refractivity (Wildman–Crippen MR) is 76.0 cm³/mol. The molecule has 106 valence electrons. The normalized spacial score (nSPS) is 22.4. The molecule has 1 heterocycles. The second-order valence-corrected chi connectivity index (χ2v) is 5.80. The monoisotopic (exact) mass is 285 g/mol. The van der Waals surface area contributed by atoms with Crippen LogP contribution in [0.25, 0.3) is 0 Å². The third-order valence-corrected chi connectivity index (χ3v) is 4.32. The Hall–Kier alpha value is -0.640. The van der Waals surface area contributed by atoms with E-state index in [1.165, 1.54) is 6.07 Å². The standard InChI is InChI=1S/C15H21ClFNO/c1-11(19)12-4-3-8-18(10-12)9-7-13-14(16)5-2-6-15(13)17/h2,5-6,11-12,19H,3-4,7-10H2,1H3. The van der Waals surface area contributed by atoms with Crippen molar-refractivity contribution in [3.05, 3.63) is 34.6 Å². The largest absolute Gasteiger partial charge is 0.393 e. The molecule has 0 radical (unpaired) electrons. The Bertz CT molecular complexity index is 404. The topological polar surface area (TPSA) is 23.5 Å². The van der Waals surface area contributed by atoms with E-state index >= 15 is 0 Å². The number of rotatable bonds is 4. The van der Waals surface area contributed by atoms with Gasteiger partial charge >= 0.3 is 0 Å². The van der Waals surface area contributed by atoms with Crippen molar-refractivity contribution in [2.75, 3.05) is 19.6 Å². The summed E-state index contributed by atoms with van der Waals surface area (Å²) in [6, 6.07) is 4.82. The molecule has 4 heteroatoms. The smallest absolute Gasteiger partial charge is 0.127 e. The van der Waals surface area contributed by atoms with Crippen molar-refractivity contribution in [2.45, 2.75) is 32.3 Å². The summed E-state index contributed by atoms with van der Waals surface area (Å²) in [6.07, 6.45) is 2.53. The molecule has 0 bridgehead atoms. The van der Waals surface area contributed by atoms with Crippen LogP contribution in [0.2, 0.25) is 5.02 Å². The Labute approximate surface area is 119 Å². The van der Waals surface area contributed by atoms with Crippen molar-refractivity contribution in [3.8, 4) is 0 Å². The molecule has 0 aliphatic carbocycles. The van der Waals surface area contributed by atoms with Gasteiger partial charge in [0.15, 0.2) is 0 Å². The van der Waals surface area contributed by atoms with Gasteiger partial charge in [-0.2, -0.15) is 0 Å². The molecule has 2 unspecified atom stereocenters. The molecule has 1 aromatic carbocycles. The van der Waals surface area contributed by atoms with E-state index in [2.05, 4.69) is 4.90 Å². The molecule has 0 aromatic heterocycles. The second-order valence-electron chi connectivity index (χ2n) is 5.39. The first kappa shape index (κ1) is 14.8. The van der Waals surface area contributed by atoms with Crippen LogP contribution in [-0.2, 0) is 6.42 Å². The summed E-state index contributed by atoms with van der Waals surface area (Å²) in [5.74, 6) is 0.112. The molecule has 1 fully saturated rings. The molecule has 2 rings (SSSR count). The second kappa shape index (κ2) is 6.69. The third-order valence-electron chi connectivity index (χ3n) is 3.96. The zero-order valence-corrected chi connectivity index (χ0v) is 12.0. The molecule has 19 heavy (non-hydrogen) atoms. The maximum Gasteiger partial charge on any atom is 0.127 e. The number of piperidine rings is 1. The molecule has 1 aliphatic rings. The number of likely N-dealkylation sites (tertiary alicyclic amines) is 1. The molecular weight excluding hydrogens is 265 g/mol. The Morgan fingerprint density at radius 2 is 2.32 bits per heavy atom. The van der Waals surface area contributed by atoms with Crippen molar-refractivity contribution >= 4 is 11.6 Å². The highest BCUT2D eigenvalue weighted by Crippen LogP contribution is 2.22. The lowest BCUT2D eigenvalue weighted by Crippen LogP contribution is -2.40. The highest BCUT2D eigenvalue weighted by Gasteiger charge is 2.23. The number of hydrogen-bond acceptors (Lipinski definition) is 2. The van der Waals surface area contributed by atoms with Crippen molar-refractivity contribution in [3.63, 3.8) is 0 Å². The quantitative estimate of drug-likeness (QED) is 0.919. The minimum Gasteiger partial charge on any atom is -0.393 e. The lowest BCUT2D eigenvalue weighted by molar-refractivity contribution is 0.0633. The van der Waals surface area contributed by atoms with Gasteiger partial charge < -0.3 is 10.0 Å². The van der Waals surface area contributed by atoms with Crippen LogP contribution < -0.4 is 0 Å². The van der Waals surface area contributed by atoms with Gasteiger partial charge in [-0.05, 0) is 50.8 Å². The molecule has 0 saturated carbocycles. The zero-order valence-electron chi connectivity index (χ0n) is 11.3. The molecule has 0 spiro atoms. The zero-order chi connectivity index (χ0) is 13.8. The summed E-state index contributed by atoms with van der Waals surface area (Å²) in [4.78, 5) is 2.30. The van der Waals surface area contributed by atoms with Crippen LogP contribution in [0.4, 0.5) is 4.39 Å². The van der Waals surface area contributed by atoms with E-state index in [1.54, 1.807) is 12.1 Å². The average molecular weight is 286 g/mol. The van der Waals surface area contributed by atoms with Crippen LogP contribution in [0.15, 0.2) is 18.2 Å². The van der Waals surface area contributed by atoms with Gasteiger partial charge in [0.05, 0.1) is 6.10 Å². The Morgan fingerprint density at radius 1 is 1.53 bits per heavy atom. The highest BCUT2D eigenvalue weighted by atomic mass is 35.5. The van der Waals surface area contributed by atoms with Crippen molar-refractivity contribution in [1.29, 1.82) is 0 Å². The lowest BCUT2D eigenvalue weighted by atomic mass is 9.93. The fourth-order valence-corrected chi connectivity index (χ4v) is 2.99. The minimum absolute atomic E-state index is 0.225. The van der Waals surface area contributed by atoms with Crippen LogP contribution in [0, 0.1) is 11.7 Å². The van der Waals surface area contributed by atoms with Gasteiger partial charge in [0, 0.05) is 23.7 Å². The molecule has 1 N–H and O–H groups in total. The van der Waals surface area contributed by atoms with Gasteiger partial charge in [-0.3, -0.25) is 0 Å². The number of halogens is 2. The summed E-state index contributed by atoms with van der Waals surface area (Å²) in [5.41, 5.74) is 0.600. The van der Waals surface area contributed by atoms with E-state index in [9.17, 15) is 9.50 Å². The summed E-state index contributed by atoms with van der Waals surface area (Å²) >= 11 is 6.03. The van der Waals surface area contributed by atoms with Gasteiger partial charge in [-0.15, -0.1) is 0 Å². The number of hydrogen-bond donors (Lipinski definition) is 1. The molecule has 0 amide bonds. The molecule has 2 atom stereocenters. The van der Waals surface area contributed by atoms with Crippen molar-refractivity contribution in [2.24, 2.45) is 5.92 Å². The van der Waals surface area contributed by atoms with E-state index in [-0.39, 0.29) is 11.9 Å². The number of aliphatic hydroxyl groups is 1. The van der Waals surface area contributed by atoms with Crippen LogP contribution in [0.1, 0.15) is 25.3 Å². The van der Waals surface area contributed by atoms with Gasteiger partial charge in [0.1, 0.15) is 5.82 Å². The molecule has 1 saturated heterocycles. The predicted octanol–water partition coefficient (Wildman–Crippen LogP) is 3.11. The Kier molecular flexibility index (Phi) is 5.20. The Morgan fingerprint density at radius 3 is 3.00 bits per heavy atom. The maximum atomic E-state index is 13.7. The minimum atomic E-state index is -0.264. The summed E-state index contributed by atoms with van der Waals surface area (Å²) in [7, 11) is 0. The summed E-state index contributed by atoms with van der Waals surface area (Å²) < 4.78 is 13.7. The van der Waals surface area contributed by atoms with Gasteiger partial charge in [0.2, 0.25) is 0 Å². The van der Waals surface area contributed by atoms with Gasteiger partial charge in [0.25, 0.3) is 0 Å². The van der Waals surface area contributed by atoms with Gasteiger partial charge in [-0.25, -0.2) is 4.39 Å². The molecule has 1 aromatic rings. The third kappa shape index (κ3) is 3.91. The van der Waals surface area contributed by atoms with Crippen LogP contribution in [0.5, 0.6) is 0 Å². The lowest BCUT2D eigenvalue weighted by Gasteiger charge is -2.34. The van der Waals surface area contributed by atoms with E-state index in [0.29, 0.717) is 22.9 Å². The fourth-order valence-electron chi connectivity index (χ4n) is 2.73. The molecule has 2 nitrogen and oxygen atoms in total.